The molecule has 1 unspecified atom stereocenters. The van der Waals surface area contributed by atoms with Crippen LogP contribution in [0.1, 0.15) is 23.7 Å². The predicted molar refractivity (Wildman–Crippen MR) is 60.2 cm³/mol. The van der Waals surface area contributed by atoms with Gasteiger partial charge in [0, 0.05) is 12.0 Å². The maximum absolute atomic E-state index is 11.7. The normalized spacial score (nSPS) is 11.9. The van der Waals surface area contributed by atoms with Crippen molar-refractivity contribution in [2.24, 2.45) is 5.92 Å². The van der Waals surface area contributed by atoms with Crippen molar-refractivity contribution in [1.82, 2.24) is 0 Å². The van der Waals surface area contributed by atoms with E-state index >= 15 is 0 Å². The van der Waals surface area contributed by atoms with Crippen LogP contribution in [0.2, 0.25) is 10.0 Å². The van der Waals surface area contributed by atoms with Crippen LogP contribution in [0.15, 0.2) is 18.2 Å². The topological polar surface area (TPSA) is 40.9 Å². The Morgan fingerprint density at radius 2 is 2.20 bits per heavy atom. The highest BCUT2D eigenvalue weighted by molar-refractivity contribution is 6.43. The van der Waals surface area contributed by atoms with Crippen molar-refractivity contribution in [2.75, 3.05) is 0 Å². The summed E-state index contributed by atoms with van der Waals surface area (Å²) in [5.74, 6) is -0.468. The van der Waals surface area contributed by atoms with E-state index in [1.165, 1.54) is 0 Å². The molecular formula is C11H9Cl2NO. The first-order valence-corrected chi connectivity index (χ1v) is 5.18. The summed E-state index contributed by atoms with van der Waals surface area (Å²) in [5.41, 5.74) is 0.381. The van der Waals surface area contributed by atoms with Gasteiger partial charge in [-0.25, -0.2) is 0 Å². The van der Waals surface area contributed by atoms with E-state index in [1.54, 1.807) is 25.1 Å². The molecule has 0 aliphatic heterocycles. The molecule has 1 atom stereocenters. The zero-order valence-electron chi connectivity index (χ0n) is 8.13. The summed E-state index contributed by atoms with van der Waals surface area (Å²) >= 11 is 11.7. The Bertz CT molecular complexity index is 423. The van der Waals surface area contributed by atoms with Crippen LogP contribution >= 0.6 is 23.2 Å². The van der Waals surface area contributed by atoms with Gasteiger partial charge in [-0.3, -0.25) is 4.79 Å². The number of rotatable bonds is 3. The number of carbonyl (C=O) groups is 1. The van der Waals surface area contributed by atoms with Gasteiger partial charge in [0.1, 0.15) is 0 Å². The van der Waals surface area contributed by atoms with E-state index < -0.39 is 0 Å². The molecule has 0 saturated heterocycles. The third kappa shape index (κ3) is 2.95. The lowest BCUT2D eigenvalue weighted by Crippen LogP contribution is -2.05. The summed E-state index contributed by atoms with van der Waals surface area (Å²) in [6, 6.07) is 6.90. The van der Waals surface area contributed by atoms with Gasteiger partial charge in [0.25, 0.3) is 0 Å². The summed E-state index contributed by atoms with van der Waals surface area (Å²) in [4.78, 5) is 11.7. The smallest absolute Gasteiger partial charge is 0.165 e. The number of halogens is 2. The van der Waals surface area contributed by atoms with E-state index in [0.717, 1.165) is 0 Å². The number of hydrogen-bond acceptors (Lipinski definition) is 2. The number of Topliss-reactive ketones (excluding diaryl/α,β-unsaturated/α-hetero) is 1. The van der Waals surface area contributed by atoms with Gasteiger partial charge in [0.15, 0.2) is 5.78 Å². The van der Waals surface area contributed by atoms with Crippen molar-refractivity contribution in [3.63, 3.8) is 0 Å². The van der Waals surface area contributed by atoms with E-state index in [1.807, 2.05) is 6.07 Å². The molecule has 0 bridgehead atoms. The van der Waals surface area contributed by atoms with Crippen LogP contribution in [0.3, 0.4) is 0 Å². The van der Waals surface area contributed by atoms with Crippen molar-refractivity contribution in [3.05, 3.63) is 33.8 Å². The van der Waals surface area contributed by atoms with E-state index in [4.69, 9.17) is 28.5 Å². The molecule has 78 valence electrons. The van der Waals surface area contributed by atoms with Gasteiger partial charge < -0.3 is 0 Å². The number of nitrogens with zero attached hydrogens (tertiary/aromatic N) is 1. The van der Waals surface area contributed by atoms with Crippen LogP contribution in [0.5, 0.6) is 0 Å². The second-order valence-electron chi connectivity index (χ2n) is 3.26. The predicted octanol–water partition coefficient (Wildman–Crippen LogP) is 3.73. The SMILES string of the molecule is CC(C#N)CC(=O)c1cccc(Cl)c1Cl. The monoisotopic (exact) mass is 241 g/mol. The Morgan fingerprint density at radius 1 is 1.53 bits per heavy atom. The zero-order chi connectivity index (χ0) is 11.4. The third-order valence-corrected chi connectivity index (χ3v) is 2.78. The van der Waals surface area contributed by atoms with Crippen molar-refractivity contribution in [2.45, 2.75) is 13.3 Å². The Morgan fingerprint density at radius 3 is 2.80 bits per heavy atom. The molecule has 1 aromatic rings. The molecule has 0 aromatic heterocycles. The standard InChI is InChI=1S/C11H9Cl2NO/c1-7(6-14)5-10(15)8-3-2-4-9(12)11(8)13/h2-4,7H,5H2,1H3. The Balaban J connectivity index is 2.93. The lowest BCUT2D eigenvalue weighted by molar-refractivity contribution is 0.0973. The van der Waals surface area contributed by atoms with Crippen LogP contribution < -0.4 is 0 Å². The number of ketones is 1. The molecule has 1 aromatic carbocycles. The molecule has 0 amide bonds. The molecule has 0 N–H and O–H groups in total. The molecule has 1 rings (SSSR count). The summed E-state index contributed by atoms with van der Waals surface area (Å²) in [6.07, 6.45) is 0.163. The molecule has 0 heterocycles. The quantitative estimate of drug-likeness (QED) is 0.757. The fraction of sp³-hybridized carbons (Fsp3) is 0.273. The average molecular weight is 242 g/mol. The van der Waals surface area contributed by atoms with Gasteiger partial charge in [0.05, 0.1) is 22.0 Å². The summed E-state index contributed by atoms with van der Waals surface area (Å²) in [7, 11) is 0. The molecule has 0 saturated carbocycles. The summed E-state index contributed by atoms with van der Waals surface area (Å²) < 4.78 is 0. The second-order valence-corrected chi connectivity index (χ2v) is 4.04. The highest BCUT2D eigenvalue weighted by Gasteiger charge is 2.15. The molecule has 15 heavy (non-hydrogen) atoms. The van der Waals surface area contributed by atoms with Crippen molar-refractivity contribution in [1.29, 1.82) is 5.26 Å². The zero-order valence-corrected chi connectivity index (χ0v) is 9.64. The summed E-state index contributed by atoms with van der Waals surface area (Å²) in [6.45, 7) is 1.69. The molecular weight excluding hydrogens is 233 g/mol. The highest BCUT2D eigenvalue weighted by Crippen LogP contribution is 2.27. The lowest BCUT2D eigenvalue weighted by atomic mass is 10.0. The Labute approximate surface area is 98.4 Å². The first kappa shape index (κ1) is 12.0. The van der Waals surface area contributed by atoms with Gasteiger partial charge in [-0.1, -0.05) is 29.3 Å². The van der Waals surface area contributed by atoms with Gasteiger partial charge >= 0.3 is 0 Å². The maximum Gasteiger partial charge on any atom is 0.165 e. The van der Waals surface area contributed by atoms with Crippen LogP contribution in [0.25, 0.3) is 0 Å². The van der Waals surface area contributed by atoms with Gasteiger partial charge in [-0.05, 0) is 19.1 Å². The average Bonchev–Trinajstić information content (AvgIpc) is 2.21. The number of carbonyl (C=O) groups excluding carboxylic acids is 1. The summed E-state index contributed by atoms with van der Waals surface area (Å²) in [5, 5.41) is 9.21. The first-order valence-electron chi connectivity index (χ1n) is 4.43. The molecule has 0 aliphatic carbocycles. The maximum atomic E-state index is 11.7. The number of nitriles is 1. The molecule has 0 fully saturated rings. The lowest BCUT2D eigenvalue weighted by Gasteiger charge is -2.05. The molecule has 0 radical (unpaired) electrons. The largest absolute Gasteiger partial charge is 0.294 e. The van der Waals surface area contributed by atoms with Crippen molar-refractivity contribution in [3.8, 4) is 6.07 Å². The molecule has 2 nitrogen and oxygen atoms in total. The van der Waals surface area contributed by atoms with Crippen LogP contribution in [0.4, 0.5) is 0 Å². The van der Waals surface area contributed by atoms with Gasteiger partial charge in [-0.15, -0.1) is 0 Å². The van der Waals surface area contributed by atoms with Crippen molar-refractivity contribution >= 4 is 29.0 Å². The minimum absolute atomic E-state index is 0.156. The fourth-order valence-electron chi connectivity index (χ4n) is 1.15. The van der Waals surface area contributed by atoms with Gasteiger partial charge in [0.2, 0.25) is 0 Å². The van der Waals surface area contributed by atoms with Crippen LogP contribution in [-0.4, -0.2) is 5.78 Å². The Kier molecular flexibility index (Phi) is 4.14. The fourth-order valence-corrected chi connectivity index (χ4v) is 1.56. The minimum atomic E-state index is -0.312. The second kappa shape index (κ2) is 5.16. The van der Waals surface area contributed by atoms with Gasteiger partial charge in [-0.2, -0.15) is 5.26 Å². The van der Waals surface area contributed by atoms with E-state index in [2.05, 4.69) is 0 Å². The third-order valence-electron chi connectivity index (χ3n) is 1.96. The molecule has 0 aliphatic rings. The van der Waals surface area contributed by atoms with E-state index in [0.29, 0.717) is 10.6 Å². The number of hydrogen-bond donors (Lipinski definition) is 0. The minimum Gasteiger partial charge on any atom is -0.294 e. The molecule has 0 spiro atoms. The molecule has 4 heteroatoms. The highest BCUT2D eigenvalue weighted by atomic mass is 35.5. The van der Waals surface area contributed by atoms with Crippen LogP contribution in [0, 0.1) is 17.2 Å². The first-order chi connectivity index (χ1) is 7.06. The van der Waals surface area contributed by atoms with E-state index in [9.17, 15) is 4.79 Å². The Hall–Kier alpha value is -1.04. The van der Waals surface area contributed by atoms with E-state index in [-0.39, 0.29) is 23.1 Å². The van der Waals surface area contributed by atoms with Crippen LogP contribution in [-0.2, 0) is 0 Å². The number of benzene rings is 1. The van der Waals surface area contributed by atoms with Crippen molar-refractivity contribution < 1.29 is 4.79 Å².